The number of hydrogen-bond acceptors (Lipinski definition) is 6. The van der Waals surface area contributed by atoms with E-state index in [1.54, 1.807) is 23.1 Å². The van der Waals surface area contributed by atoms with E-state index in [-0.39, 0.29) is 17.2 Å². The zero-order valence-corrected chi connectivity index (χ0v) is 12.9. The lowest BCUT2D eigenvalue weighted by molar-refractivity contribution is -0.128. The quantitative estimate of drug-likeness (QED) is 0.533. The number of aromatic hydroxyl groups is 1. The van der Waals surface area contributed by atoms with Crippen LogP contribution >= 0.6 is 0 Å². The highest BCUT2D eigenvalue weighted by Gasteiger charge is 2.23. The van der Waals surface area contributed by atoms with Gasteiger partial charge in [0.05, 0.1) is 0 Å². The Bertz CT molecular complexity index is 615. The van der Waals surface area contributed by atoms with Crippen LogP contribution in [-0.4, -0.2) is 60.1 Å². The molecule has 0 spiro atoms. The van der Waals surface area contributed by atoms with Gasteiger partial charge in [-0.2, -0.15) is 5.26 Å². The van der Waals surface area contributed by atoms with Crippen molar-refractivity contribution in [3.8, 4) is 11.8 Å². The highest BCUT2D eigenvalue weighted by molar-refractivity contribution is 5.97. The molecule has 1 aromatic rings. The fourth-order valence-corrected chi connectivity index (χ4v) is 2.42. The molecule has 7 heteroatoms. The van der Waals surface area contributed by atoms with Crippen molar-refractivity contribution in [2.24, 2.45) is 5.73 Å². The second kappa shape index (κ2) is 8.17. The zero-order valence-electron chi connectivity index (χ0n) is 12.9. The Balaban J connectivity index is 1.96. The van der Waals surface area contributed by atoms with E-state index >= 15 is 0 Å². The summed E-state index contributed by atoms with van der Waals surface area (Å²) in [4.78, 5) is 16.3. The third-order valence-corrected chi connectivity index (χ3v) is 3.69. The molecule has 0 aliphatic carbocycles. The lowest BCUT2D eigenvalue weighted by Gasteiger charge is -2.34. The number of nitrogens with zero attached hydrogens (tertiary/aromatic N) is 3. The van der Waals surface area contributed by atoms with Gasteiger partial charge < -0.3 is 21.1 Å². The summed E-state index contributed by atoms with van der Waals surface area (Å²) in [5.41, 5.74) is 6.18. The maximum atomic E-state index is 12.4. The number of carbonyl (C=O) groups excluding carboxylic acids is 1. The Labute approximate surface area is 135 Å². The van der Waals surface area contributed by atoms with Gasteiger partial charge >= 0.3 is 0 Å². The first kappa shape index (κ1) is 16.8. The molecule has 0 radical (unpaired) electrons. The molecular weight excluding hydrogens is 294 g/mol. The fraction of sp³-hybridized carbons (Fsp3) is 0.375. The first-order valence-electron chi connectivity index (χ1n) is 7.51. The number of nitriles is 1. The summed E-state index contributed by atoms with van der Waals surface area (Å²) in [5, 5.41) is 21.5. The van der Waals surface area contributed by atoms with Crippen molar-refractivity contribution in [2.75, 3.05) is 44.6 Å². The lowest BCUT2D eigenvalue weighted by Crippen LogP contribution is -2.50. The predicted molar refractivity (Wildman–Crippen MR) is 87.5 cm³/mol. The van der Waals surface area contributed by atoms with Gasteiger partial charge in [-0.15, -0.1) is 0 Å². The van der Waals surface area contributed by atoms with E-state index in [9.17, 15) is 15.2 Å². The smallest absolute Gasteiger partial charge is 0.266 e. The second-order valence-electron chi connectivity index (χ2n) is 5.29. The Morgan fingerprint density at radius 1 is 1.39 bits per heavy atom. The maximum Gasteiger partial charge on any atom is 0.266 e. The summed E-state index contributed by atoms with van der Waals surface area (Å²) in [6, 6.07) is 8.41. The number of rotatable bonds is 5. The average Bonchev–Trinajstić information content (AvgIpc) is 2.56. The number of phenols is 1. The summed E-state index contributed by atoms with van der Waals surface area (Å²) in [7, 11) is 0. The highest BCUT2D eigenvalue weighted by atomic mass is 16.3. The van der Waals surface area contributed by atoms with Crippen LogP contribution in [0.3, 0.4) is 0 Å². The summed E-state index contributed by atoms with van der Waals surface area (Å²) in [6.07, 6.45) is 1.38. The van der Waals surface area contributed by atoms with Crippen molar-refractivity contribution < 1.29 is 9.90 Å². The van der Waals surface area contributed by atoms with Crippen LogP contribution in [0.1, 0.15) is 0 Å². The summed E-state index contributed by atoms with van der Waals surface area (Å²) in [6.45, 7) is 4.13. The monoisotopic (exact) mass is 315 g/mol. The standard InChI is InChI=1S/C16H21N5O2/c17-4-5-20-6-8-21(9-7-20)16(23)13(11-18)12-19-14-2-1-3-15(22)10-14/h1-3,10,12,19,22H,4-9,17H2/b13-12-. The average molecular weight is 315 g/mol. The van der Waals surface area contributed by atoms with E-state index in [4.69, 9.17) is 5.73 Å². The van der Waals surface area contributed by atoms with Crippen LogP contribution in [-0.2, 0) is 4.79 Å². The molecule has 0 saturated carbocycles. The lowest BCUT2D eigenvalue weighted by atomic mass is 10.2. The van der Waals surface area contributed by atoms with E-state index in [1.165, 1.54) is 12.3 Å². The Kier molecular flexibility index (Phi) is 5.97. The Hall–Kier alpha value is -2.56. The molecule has 7 nitrogen and oxygen atoms in total. The minimum atomic E-state index is -0.285. The van der Waals surface area contributed by atoms with Crippen molar-refractivity contribution in [1.82, 2.24) is 9.80 Å². The van der Waals surface area contributed by atoms with E-state index in [2.05, 4.69) is 10.2 Å². The van der Waals surface area contributed by atoms with Gasteiger partial charge in [0.2, 0.25) is 0 Å². The number of carbonyl (C=O) groups is 1. The van der Waals surface area contributed by atoms with Crippen LogP contribution in [0.25, 0.3) is 0 Å². The molecule has 0 bridgehead atoms. The van der Waals surface area contributed by atoms with Crippen molar-refractivity contribution in [2.45, 2.75) is 0 Å². The molecule has 0 atom stereocenters. The number of hydrogen-bond donors (Lipinski definition) is 3. The molecule has 1 saturated heterocycles. The molecule has 1 aliphatic rings. The third kappa shape index (κ3) is 4.71. The number of anilines is 1. The molecule has 0 aromatic heterocycles. The minimum absolute atomic E-state index is 0.0422. The minimum Gasteiger partial charge on any atom is -0.508 e. The van der Waals surface area contributed by atoms with Gasteiger partial charge in [0.25, 0.3) is 5.91 Å². The molecule has 1 fully saturated rings. The topological polar surface area (TPSA) is 106 Å². The van der Waals surface area contributed by atoms with Crippen LogP contribution in [0.15, 0.2) is 36.0 Å². The third-order valence-electron chi connectivity index (χ3n) is 3.69. The van der Waals surface area contributed by atoms with Crippen LogP contribution in [0, 0.1) is 11.3 Å². The van der Waals surface area contributed by atoms with Crippen LogP contribution in [0.2, 0.25) is 0 Å². The summed E-state index contributed by atoms with van der Waals surface area (Å²) >= 11 is 0. The number of nitrogens with two attached hydrogens (primary N) is 1. The molecule has 1 heterocycles. The number of piperazine rings is 1. The normalized spacial score (nSPS) is 16.0. The molecule has 122 valence electrons. The Morgan fingerprint density at radius 2 is 2.13 bits per heavy atom. The maximum absolute atomic E-state index is 12.4. The molecule has 1 aromatic carbocycles. The van der Waals surface area contributed by atoms with E-state index < -0.39 is 0 Å². The van der Waals surface area contributed by atoms with Crippen molar-refractivity contribution in [1.29, 1.82) is 5.26 Å². The van der Waals surface area contributed by atoms with Crippen LogP contribution in [0.4, 0.5) is 5.69 Å². The molecule has 0 unspecified atom stereocenters. The molecule has 1 amide bonds. The zero-order chi connectivity index (χ0) is 16.7. The summed E-state index contributed by atoms with van der Waals surface area (Å²) in [5.74, 6) is -0.170. The molecule has 4 N–H and O–H groups in total. The number of benzene rings is 1. The molecular formula is C16H21N5O2. The first-order valence-corrected chi connectivity index (χ1v) is 7.51. The van der Waals surface area contributed by atoms with E-state index in [0.29, 0.717) is 25.3 Å². The van der Waals surface area contributed by atoms with Gasteiger partial charge in [-0.3, -0.25) is 9.69 Å². The van der Waals surface area contributed by atoms with Gasteiger partial charge in [-0.25, -0.2) is 0 Å². The number of nitrogens with one attached hydrogen (secondary N) is 1. The number of phenolic OH excluding ortho intramolecular Hbond substituents is 1. The largest absolute Gasteiger partial charge is 0.508 e. The van der Waals surface area contributed by atoms with Crippen LogP contribution in [0.5, 0.6) is 5.75 Å². The Morgan fingerprint density at radius 3 is 2.74 bits per heavy atom. The molecule has 2 rings (SSSR count). The molecule has 1 aliphatic heterocycles. The SMILES string of the molecule is N#C/C(=C/Nc1cccc(O)c1)C(=O)N1CCN(CCN)CC1. The number of amides is 1. The van der Waals surface area contributed by atoms with E-state index in [1.807, 2.05) is 6.07 Å². The van der Waals surface area contributed by atoms with Crippen LogP contribution < -0.4 is 11.1 Å². The van der Waals surface area contributed by atoms with Gasteiger partial charge in [0, 0.05) is 57.2 Å². The second-order valence-corrected chi connectivity index (χ2v) is 5.29. The predicted octanol–water partition coefficient (Wildman–Crippen LogP) is 0.314. The first-order chi connectivity index (χ1) is 11.1. The van der Waals surface area contributed by atoms with Gasteiger partial charge in [0.15, 0.2) is 0 Å². The van der Waals surface area contributed by atoms with E-state index in [0.717, 1.165) is 19.6 Å². The van der Waals surface area contributed by atoms with Crippen molar-refractivity contribution in [3.63, 3.8) is 0 Å². The molecule has 23 heavy (non-hydrogen) atoms. The fourth-order valence-electron chi connectivity index (χ4n) is 2.42. The highest BCUT2D eigenvalue weighted by Crippen LogP contribution is 2.16. The van der Waals surface area contributed by atoms with Gasteiger partial charge in [-0.1, -0.05) is 6.07 Å². The van der Waals surface area contributed by atoms with Gasteiger partial charge in [-0.05, 0) is 12.1 Å². The van der Waals surface area contributed by atoms with Crippen molar-refractivity contribution >= 4 is 11.6 Å². The van der Waals surface area contributed by atoms with Crippen molar-refractivity contribution in [3.05, 3.63) is 36.0 Å². The summed E-state index contributed by atoms with van der Waals surface area (Å²) < 4.78 is 0. The van der Waals surface area contributed by atoms with Gasteiger partial charge in [0.1, 0.15) is 17.4 Å².